The second kappa shape index (κ2) is 3.83. The fourth-order valence-electron chi connectivity index (χ4n) is 1.66. The van der Waals surface area contributed by atoms with E-state index in [2.05, 4.69) is 0 Å². The van der Waals surface area contributed by atoms with Gasteiger partial charge >= 0.3 is 0 Å². The van der Waals surface area contributed by atoms with Crippen LogP contribution in [0.15, 0.2) is 56.5 Å². The lowest BCUT2D eigenvalue weighted by Gasteiger charge is -1.91. The van der Waals surface area contributed by atoms with E-state index in [-0.39, 0.29) is 0 Å². The molecule has 0 saturated heterocycles. The Labute approximate surface area is 96.5 Å². The molecular formula is C13H8O4. The van der Waals surface area contributed by atoms with Crippen molar-refractivity contribution >= 4 is 6.29 Å². The first-order valence-corrected chi connectivity index (χ1v) is 5.02. The highest BCUT2D eigenvalue weighted by molar-refractivity contribution is 5.87. The molecule has 0 unspecified atom stereocenters. The fraction of sp³-hybridized carbons (Fsp3) is 0. The molecule has 0 fully saturated rings. The quantitative estimate of drug-likeness (QED) is 0.642. The van der Waals surface area contributed by atoms with Gasteiger partial charge in [-0.3, -0.25) is 4.79 Å². The van der Waals surface area contributed by atoms with E-state index in [1.54, 1.807) is 30.7 Å². The van der Waals surface area contributed by atoms with Crippen LogP contribution in [0.3, 0.4) is 0 Å². The van der Waals surface area contributed by atoms with Gasteiger partial charge in [0, 0.05) is 0 Å². The molecular weight excluding hydrogens is 220 g/mol. The highest BCUT2D eigenvalue weighted by atomic mass is 16.4. The Morgan fingerprint density at radius 2 is 1.71 bits per heavy atom. The lowest BCUT2D eigenvalue weighted by Crippen LogP contribution is -1.77. The molecule has 0 amide bonds. The maximum Gasteiger partial charge on any atom is 0.153 e. The first kappa shape index (κ1) is 9.72. The van der Waals surface area contributed by atoms with Gasteiger partial charge in [0.15, 0.2) is 6.29 Å². The largest absolute Gasteiger partial charge is 0.472 e. The van der Waals surface area contributed by atoms with Crippen LogP contribution in [0.4, 0.5) is 0 Å². The Bertz CT molecular complexity index is 614. The number of rotatable bonds is 3. The van der Waals surface area contributed by atoms with Crippen LogP contribution in [0.25, 0.3) is 22.6 Å². The van der Waals surface area contributed by atoms with Crippen LogP contribution in [0.1, 0.15) is 10.4 Å². The molecule has 4 nitrogen and oxygen atoms in total. The van der Waals surface area contributed by atoms with Gasteiger partial charge in [0.25, 0.3) is 0 Å². The average molecular weight is 228 g/mol. The molecule has 3 heterocycles. The molecule has 4 heteroatoms. The zero-order chi connectivity index (χ0) is 11.7. The third-order valence-corrected chi connectivity index (χ3v) is 2.48. The van der Waals surface area contributed by atoms with E-state index in [9.17, 15) is 4.79 Å². The van der Waals surface area contributed by atoms with Gasteiger partial charge in [-0.1, -0.05) is 0 Å². The van der Waals surface area contributed by atoms with Crippen LogP contribution in [-0.2, 0) is 0 Å². The molecule has 0 atom stereocenters. The first-order chi connectivity index (χ1) is 8.38. The summed E-state index contributed by atoms with van der Waals surface area (Å²) in [6.45, 7) is 0. The SMILES string of the molecule is O=Cc1cc(-c2ccoc2)oc1-c1ccoc1. The van der Waals surface area contributed by atoms with E-state index in [1.807, 2.05) is 0 Å². The minimum absolute atomic E-state index is 0.489. The lowest BCUT2D eigenvalue weighted by atomic mass is 10.1. The van der Waals surface area contributed by atoms with Gasteiger partial charge < -0.3 is 13.3 Å². The van der Waals surface area contributed by atoms with Crippen LogP contribution >= 0.6 is 0 Å². The van der Waals surface area contributed by atoms with Crippen molar-refractivity contribution < 1.29 is 18.0 Å². The Morgan fingerprint density at radius 3 is 2.29 bits per heavy atom. The summed E-state index contributed by atoms with van der Waals surface area (Å²) in [5.74, 6) is 1.10. The second-order valence-electron chi connectivity index (χ2n) is 3.54. The van der Waals surface area contributed by atoms with Crippen molar-refractivity contribution in [3.05, 3.63) is 48.8 Å². The summed E-state index contributed by atoms with van der Waals surface area (Å²) in [7, 11) is 0. The van der Waals surface area contributed by atoms with Crippen LogP contribution in [-0.4, -0.2) is 6.29 Å². The number of hydrogen-bond donors (Lipinski definition) is 0. The zero-order valence-corrected chi connectivity index (χ0v) is 8.75. The van der Waals surface area contributed by atoms with Crippen molar-refractivity contribution in [1.82, 2.24) is 0 Å². The van der Waals surface area contributed by atoms with Crippen LogP contribution < -0.4 is 0 Å². The molecule has 0 N–H and O–H groups in total. The van der Waals surface area contributed by atoms with Gasteiger partial charge in [-0.05, 0) is 18.2 Å². The maximum atomic E-state index is 11.0. The smallest absolute Gasteiger partial charge is 0.153 e. The summed E-state index contributed by atoms with van der Waals surface area (Å²) in [5, 5.41) is 0. The lowest BCUT2D eigenvalue weighted by molar-refractivity contribution is 0.112. The Balaban J connectivity index is 2.13. The molecule has 84 valence electrons. The minimum Gasteiger partial charge on any atom is -0.472 e. The Hall–Kier alpha value is -2.49. The molecule has 0 radical (unpaired) electrons. The van der Waals surface area contributed by atoms with E-state index in [0.717, 1.165) is 17.4 Å². The van der Waals surface area contributed by atoms with Gasteiger partial charge in [-0.2, -0.15) is 0 Å². The molecule has 17 heavy (non-hydrogen) atoms. The monoisotopic (exact) mass is 228 g/mol. The standard InChI is InChI=1S/C13H8O4/c14-6-11-5-12(9-1-3-15-7-9)17-13(11)10-2-4-16-8-10/h1-8H. The van der Waals surface area contributed by atoms with Crippen molar-refractivity contribution in [3.63, 3.8) is 0 Å². The second-order valence-corrected chi connectivity index (χ2v) is 3.54. The van der Waals surface area contributed by atoms with E-state index < -0.39 is 0 Å². The molecule has 0 bridgehead atoms. The minimum atomic E-state index is 0.489. The van der Waals surface area contributed by atoms with Crippen molar-refractivity contribution in [2.24, 2.45) is 0 Å². The van der Waals surface area contributed by atoms with Gasteiger partial charge in [0.2, 0.25) is 0 Å². The summed E-state index contributed by atoms with van der Waals surface area (Å²) < 4.78 is 15.6. The molecule has 0 spiro atoms. The summed E-state index contributed by atoms with van der Waals surface area (Å²) in [6, 6.07) is 5.19. The molecule has 0 aliphatic rings. The predicted octanol–water partition coefficient (Wildman–Crippen LogP) is 3.61. The summed E-state index contributed by atoms with van der Waals surface area (Å²) >= 11 is 0. The van der Waals surface area contributed by atoms with E-state index in [4.69, 9.17) is 13.3 Å². The molecule has 0 aliphatic carbocycles. The zero-order valence-electron chi connectivity index (χ0n) is 8.75. The summed E-state index contributed by atoms with van der Waals surface area (Å²) in [6.07, 6.45) is 6.94. The molecule has 3 aromatic rings. The number of furan rings is 3. The fourth-order valence-corrected chi connectivity index (χ4v) is 1.66. The highest BCUT2D eigenvalue weighted by Gasteiger charge is 2.15. The Kier molecular flexibility index (Phi) is 2.19. The van der Waals surface area contributed by atoms with Crippen LogP contribution in [0, 0.1) is 0 Å². The molecule has 3 rings (SSSR count). The van der Waals surface area contributed by atoms with Gasteiger partial charge in [-0.25, -0.2) is 0 Å². The normalized spacial score (nSPS) is 10.6. The van der Waals surface area contributed by atoms with E-state index in [0.29, 0.717) is 17.1 Å². The van der Waals surface area contributed by atoms with E-state index >= 15 is 0 Å². The van der Waals surface area contributed by atoms with Crippen molar-refractivity contribution in [3.8, 4) is 22.6 Å². The predicted molar refractivity (Wildman–Crippen MR) is 59.5 cm³/mol. The van der Waals surface area contributed by atoms with Crippen LogP contribution in [0.5, 0.6) is 0 Å². The molecule has 0 aliphatic heterocycles. The summed E-state index contributed by atoms with van der Waals surface area (Å²) in [5.41, 5.74) is 2.02. The van der Waals surface area contributed by atoms with Gasteiger partial charge in [0.05, 0.1) is 29.2 Å². The number of carbonyl (C=O) groups is 1. The maximum absolute atomic E-state index is 11.0. The number of hydrogen-bond acceptors (Lipinski definition) is 4. The first-order valence-electron chi connectivity index (χ1n) is 5.02. The van der Waals surface area contributed by atoms with Gasteiger partial charge in [-0.15, -0.1) is 0 Å². The summed E-state index contributed by atoms with van der Waals surface area (Å²) in [4.78, 5) is 11.0. The van der Waals surface area contributed by atoms with Crippen molar-refractivity contribution in [1.29, 1.82) is 0 Å². The molecule has 0 saturated carbocycles. The van der Waals surface area contributed by atoms with Crippen molar-refractivity contribution in [2.45, 2.75) is 0 Å². The molecule has 3 aromatic heterocycles. The number of carbonyl (C=O) groups excluding carboxylic acids is 1. The molecule has 0 aromatic carbocycles. The van der Waals surface area contributed by atoms with E-state index in [1.165, 1.54) is 12.5 Å². The Morgan fingerprint density at radius 1 is 1.00 bits per heavy atom. The van der Waals surface area contributed by atoms with Crippen molar-refractivity contribution in [2.75, 3.05) is 0 Å². The average Bonchev–Trinajstić information content (AvgIpc) is 3.09. The third kappa shape index (κ3) is 1.59. The van der Waals surface area contributed by atoms with Crippen LogP contribution in [0.2, 0.25) is 0 Å². The van der Waals surface area contributed by atoms with Gasteiger partial charge in [0.1, 0.15) is 24.0 Å². The third-order valence-electron chi connectivity index (χ3n) is 2.48. The topological polar surface area (TPSA) is 56.5 Å². The number of aldehydes is 1. The highest BCUT2D eigenvalue weighted by Crippen LogP contribution is 2.32.